The van der Waals surface area contributed by atoms with Gasteiger partial charge in [0.25, 0.3) is 0 Å². The van der Waals surface area contributed by atoms with Crippen molar-refractivity contribution in [3.8, 4) is 0 Å². The number of aryl methyl sites for hydroxylation is 1. The first-order chi connectivity index (χ1) is 13.2. The van der Waals surface area contributed by atoms with Crippen molar-refractivity contribution in [2.75, 3.05) is 33.1 Å². The first-order valence-electron chi connectivity index (χ1n) is 8.52. The fraction of sp³-hybridized carbons (Fsp3) is 0.368. The summed E-state index contributed by atoms with van der Waals surface area (Å²) in [7, 11) is 6.15. The molecule has 0 spiro atoms. The second-order valence-electron chi connectivity index (χ2n) is 6.38. The van der Waals surface area contributed by atoms with Crippen LogP contribution in [0.2, 0.25) is 0 Å². The molecule has 0 radical (unpaired) electrons. The predicted octanol–water partition coefficient (Wildman–Crippen LogP) is 1.37. The molecule has 2 aromatic rings. The van der Waals surface area contributed by atoms with E-state index in [0.717, 1.165) is 11.3 Å². The Balaban J connectivity index is 2.10. The zero-order valence-electron chi connectivity index (χ0n) is 16.6. The third kappa shape index (κ3) is 5.17. The van der Waals surface area contributed by atoms with Gasteiger partial charge >= 0.3 is 11.9 Å². The Morgan fingerprint density at radius 1 is 1.11 bits per heavy atom. The van der Waals surface area contributed by atoms with Crippen LogP contribution in [0.5, 0.6) is 0 Å². The Bertz CT molecular complexity index is 856. The molecular formula is C19H24N4O5. The summed E-state index contributed by atoms with van der Waals surface area (Å²) in [5.41, 5.74) is 2.64. The van der Waals surface area contributed by atoms with E-state index >= 15 is 0 Å². The Kier molecular flexibility index (Phi) is 6.89. The molecule has 1 aromatic heterocycles. The van der Waals surface area contributed by atoms with Gasteiger partial charge in [-0.05, 0) is 32.2 Å². The van der Waals surface area contributed by atoms with Crippen LogP contribution < -0.4 is 5.32 Å². The average Bonchev–Trinajstić information content (AvgIpc) is 2.98. The van der Waals surface area contributed by atoms with E-state index in [1.54, 1.807) is 10.9 Å². The quantitative estimate of drug-likeness (QED) is 0.715. The summed E-state index contributed by atoms with van der Waals surface area (Å²) in [6.07, 6.45) is 1.77. The number of ether oxygens (including phenoxy) is 2. The number of nitrogens with one attached hydrogen (secondary N) is 1. The van der Waals surface area contributed by atoms with E-state index in [2.05, 4.69) is 19.9 Å². The fourth-order valence-corrected chi connectivity index (χ4v) is 2.66. The molecular weight excluding hydrogens is 364 g/mol. The molecule has 1 aromatic carbocycles. The number of benzene rings is 1. The van der Waals surface area contributed by atoms with Crippen LogP contribution in [-0.4, -0.2) is 60.3 Å². The number of carbonyl (C=O) groups is 3. The van der Waals surface area contributed by atoms with Crippen LogP contribution in [-0.2, 0) is 27.9 Å². The highest BCUT2D eigenvalue weighted by atomic mass is 16.5. The van der Waals surface area contributed by atoms with E-state index in [0.29, 0.717) is 12.2 Å². The maximum Gasteiger partial charge on any atom is 0.337 e. The van der Waals surface area contributed by atoms with Crippen molar-refractivity contribution in [2.24, 2.45) is 7.05 Å². The number of nitrogens with zero attached hydrogens (tertiary/aromatic N) is 3. The lowest BCUT2D eigenvalue weighted by atomic mass is 10.1. The molecule has 0 aliphatic rings. The van der Waals surface area contributed by atoms with Crippen molar-refractivity contribution in [3.63, 3.8) is 0 Å². The number of amides is 1. The second kappa shape index (κ2) is 9.14. The minimum absolute atomic E-state index is 0.115. The smallest absolute Gasteiger partial charge is 0.337 e. The van der Waals surface area contributed by atoms with Gasteiger partial charge < -0.3 is 14.8 Å². The van der Waals surface area contributed by atoms with E-state index in [4.69, 9.17) is 0 Å². The number of carbonyl (C=O) groups excluding carboxylic acids is 3. The first-order valence-corrected chi connectivity index (χ1v) is 8.52. The largest absolute Gasteiger partial charge is 0.465 e. The van der Waals surface area contributed by atoms with Gasteiger partial charge in [0.2, 0.25) is 5.91 Å². The summed E-state index contributed by atoms with van der Waals surface area (Å²) in [5.74, 6) is -1.53. The summed E-state index contributed by atoms with van der Waals surface area (Å²) < 4.78 is 11.2. The highest BCUT2D eigenvalue weighted by Crippen LogP contribution is 2.17. The first kappa shape index (κ1) is 21.1. The molecule has 1 amide bonds. The summed E-state index contributed by atoms with van der Waals surface area (Å²) in [6, 6.07) is 4.24. The molecule has 0 atom stereocenters. The van der Waals surface area contributed by atoms with Gasteiger partial charge in [-0.3, -0.25) is 14.4 Å². The third-order valence-corrected chi connectivity index (χ3v) is 4.25. The molecule has 0 aliphatic heterocycles. The summed E-state index contributed by atoms with van der Waals surface area (Å²) in [5, 5.41) is 6.89. The van der Waals surface area contributed by atoms with Crippen molar-refractivity contribution < 1.29 is 23.9 Å². The minimum Gasteiger partial charge on any atom is -0.465 e. The molecule has 150 valence electrons. The maximum atomic E-state index is 12.4. The molecule has 9 heteroatoms. The van der Waals surface area contributed by atoms with Crippen LogP contribution in [0.4, 0.5) is 5.69 Å². The molecule has 0 fully saturated rings. The highest BCUT2D eigenvalue weighted by molar-refractivity contribution is 5.99. The van der Waals surface area contributed by atoms with Crippen LogP contribution in [0.3, 0.4) is 0 Å². The van der Waals surface area contributed by atoms with Crippen molar-refractivity contribution in [3.05, 3.63) is 46.8 Å². The molecule has 0 unspecified atom stereocenters. The molecule has 2 rings (SSSR count). The van der Waals surface area contributed by atoms with Gasteiger partial charge in [0, 0.05) is 30.5 Å². The number of rotatable bonds is 7. The predicted molar refractivity (Wildman–Crippen MR) is 102 cm³/mol. The van der Waals surface area contributed by atoms with Crippen molar-refractivity contribution >= 4 is 23.5 Å². The van der Waals surface area contributed by atoms with Gasteiger partial charge in [0.05, 0.1) is 38.1 Å². The van der Waals surface area contributed by atoms with Gasteiger partial charge in [-0.25, -0.2) is 9.59 Å². The fourth-order valence-electron chi connectivity index (χ4n) is 2.66. The standard InChI is InChI=1S/C19H24N4O5/c1-12-15(9-20-23(12)3)10-22(2)11-17(24)21-16-7-13(18(25)27-4)6-14(8-16)19(26)28-5/h6-9H,10-11H2,1-5H3,(H,21,24). The summed E-state index contributed by atoms with van der Waals surface area (Å²) in [6.45, 7) is 2.63. The maximum absolute atomic E-state index is 12.4. The third-order valence-electron chi connectivity index (χ3n) is 4.25. The van der Waals surface area contributed by atoms with E-state index < -0.39 is 11.9 Å². The molecule has 0 aliphatic carbocycles. The number of anilines is 1. The normalized spacial score (nSPS) is 10.6. The Hall–Kier alpha value is -3.20. The Morgan fingerprint density at radius 3 is 2.14 bits per heavy atom. The lowest BCUT2D eigenvalue weighted by Crippen LogP contribution is -2.30. The number of aromatic nitrogens is 2. The zero-order valence-corrected chi connectivity index (χ0v) is 16.6. The van der Waals surface area contributed by atoms with E-state index in [-0.39, 0.29) is 23.6 Å². The second-order valence-corrected chi connectivity index (χ2v) is 6.38. The van der Waals surface area contributed by atoms with Crippen molar-refractivity contribution in [1.29, 1.82) is 0 Å². The van der Waals surface area contributed by atoms with E-state index in [1.807, 2.05) is 25.9 Å². The van der Waals surface area contributed by atoms with Crippen LogP contribution in [0.25, 0.3) is 0 Å². The van der Waals surface area contributed by atoms with Gasteiger partial charge in [0.1, 0.15) is 0 Å². The summed E-state index contributed by atoms with van der Waals surface area (Å²) >= 11 is 0. The van der Waals surface area contributed by atoms with Gasteiger partial charge in [-0.2, -0.15) is 5.10 Å². The summed E-state index contributed by atoms with van der Waals surface area (Å²) in [4.78, 5) is 37.9. The van der Waals surface area contributed by atoms with Crippen LogP contribution in [0.1, 0.15) is 32.0 Å². The molecule has 0 bridgehead atoms. The Morgan fingerprint density at radius 2 is 1.68 bits per heavy atom. The number of hydrogen-bond acceptors (Lipinski definition) is 7. The lowest BCUT2D eigenvalue weighted by molar-refractivity contribution is -0.117. The van der Waals surface area contributed by atoms with Crippen LogP contribution in [0, 0.1) is 6.92 Å². The van der Waals surface area contributed by atoms with Gasteiger partial charge in [-0.1, -0.05) is 0 Å². The molecule has 28 heavy (non-hydrogen) atoms. The SMILES string of the molecule is COC(=O)c1cc(NC(=O)CN(C)Cc2cnn(C)c2C)cc(C(=O)OC)c1. The molecule has 0 saturated carbocycles. The molecule has 0 saturated heterocycles. The number of hydrogen-bond donors (Lipinski definition) is 1. The average molecular weight is 388 g/mol. The van der Waals surface area contributed by atoms with Gasteiger partial charge in [-0.15, -0.1) is 0 Å². The number of likely N-dealkylation sites (N-methyl/N-ethyl adjacent to an activating group) is 1. The molecule has 1 N–H and O–H groups in total. The highest BCUT2D eigenvalue weighted by Gasteiger charge is 2.16. The number of esters is 2. The van der Waals surface area contributed by atoms with E-state index in [9.17, 15) is 14.4 Å². The van der Waals surface area contributed by atoms with Crippen LogP contribution >= 0.6 is 0 Å². The Labute approximate surface area is 163 Å². The topological polar surface area (TPSA) is 103 Å². The number of methoxy groups -OCH3 is 2. The molecule has 1 heterocycles. The van der Waals surface area contributed by atoms with Crippen molar-refractivity contribution in [2.45, 2.75) is 13.5 Å². The lowest BCUT2D eigenvalue weighted by Gasteiger charge is -2.16. The minimum atomic E-state index is -0.620. The van der Waals surface area contributed by atoms with Gasteiger partial charge in [0.15, 0.2) is 0 Å². The van der Waals surface area contributed by atoms with Crippen molar-refractivity contribution in [1.82, 2.24) is 14.7 Å². The van der Waals surface area contributed by atoms with Crippen LogP contribution in [0.15, 0.2) is 24.4 Å². The molecule has 9 nitrogen and oxygen atoms in total. The zero-order chi connectivity index (χ0) is 20.8. The monoisotopic (exact) mass is 388 g/mol. The van der Waals surface area contributed by atoms with E-state index in [1.165, 1.54) is 32.4 Å².